The second-order valence-electron chi connectivity index (χ2n) is 4.71. The number of nitrogens with two attached hydrogens (primary N) is 1. The SMILES string of the molecule is NCCCN1NC(=O)CC1c1ccc(C(F)(F)F)cc1. The average Bonchev–Trinajstić information content (AvgIpc) is 2.76. The Kier molecular flexibility index (Phi) is 4.29. The first-order valence-corrected chi connectivity index (χ1v) is 6.35. The van der Waals surface area contributed by atoms with Gasteiger partial charge in [0.15, 0.2) is 0 Å². The second-order valence-corrected chi connectivity index (χ2v) is 4.71. The van der Waals surface area contributed by atoms with Gasteiger partial charge in [0.05, 0.1) is 11.6 Å². The van der Waals surface area contributed by atoms with Crippen LogP contribution in [0.3, 0.4) is 0 Å². The summed E-state index contributed by atoms with van der Waals surface area (Å²) in [5.41, 5.74) is 8.13. The van der Waals surface area contributed by atoms with Gasteiger partial charge in [0.25, 0.3) is 0 Å². The van der Waals surface area contributed by atoms with Gasteiger partial charge in [-0.3, -0.25) is 10.2 Å². The van der Waals surface area contributed by atoms with Crippen molar-refractivity contribution >= 4 is 5.91 Å². The van der Waals surface area contributed by atoms with Crippen molar-refractivity contribution in [1.82, 2.24) is 10.4 Å². The molecule has 3 N–H and O–H groups in total. The van der Waals surface area contributed by atoms with E-state index in [9.17, 15) is 18.0 Å². The van der Waals surface area contributed by atoms with E-state index >= 15 is 0 Å². The molecule has 7 heteroatoms. The van der Waals surface area contributed by atoms with Gasteiger partial charge in [-0.15, -0.1) is 0 Å². The van der Waals surface area contributed by atoms with Gasteiger partial charge in [-0.05, 0) is 30.7 Å². The Morgan fingerprint density at radius 1 is 1.30 bits per heavy atom. The van der Waals surface area contributed by atoms with Crippen LogP contribution in [-0.4, -0.2) is 24.0 Å². The van der Waals surface area contributed by atoms with Crippen LogP contribution in [-0.2, 0) is 11.0 Å². The largest absolute Gasteiger partial charge is 0.416 e. The van der Waals surface area contributed by atoms with E-state index in [0.717, 1.165) is 12.1 Å². The molecule has 20 heavy (non-hydrogen) atoms. The second kappa shape index (κ2) is 5.80. The Balaban J connectivity index is 2.15. The molecule has 1 atom stereocenters. The fourth-order valence-corrected chi connectivity index (χ4v) is 2.23. The molecule has 1 aliphatic heterocycles. The zero-order valence-electron chi connectivity index (χ0n) is 10.8. The van der Waals surface area contributed by atoms with Gasteiger partial charge in [-0.25, -0.2) is 5.01 Å². The van der Waals surface area contributed by atoms with Gasteiger partial charge in [0.1, 0.15) is 0 Å². The Morgan fingerprint density at radius 2 is 1.95 bits per heavy atom. The Bertz CT molecular complexity index is 473. The molecule has 1 heterocycles. The first kappa shape index (κ1) is 14.8. The maximum atomic E-state index is 12.5. The van der Waals surface area contributed by atoms with Crippen molar-refractivity contribution in [2.45, 2.75) is 25.1 Å². The predicted octanol–water partition coefficient (Wildman–Crippen LogP) is 1.83. The highest BCUT2D eigenvalue weighted by Crippen LogP contribution is 2.32. The van der Waals surface area contributed by atoms with Gasteiger partial charge in [-0.1, -0.05) is 12.1 Å². The minimum atomic E-state index is -4.35. The summed E-state index contributed by atoms with van der Waals surface area (Å²) in [4.78, 5) is 11.5. The molecule has 1 unspecified atom stereocenters. The molecule has 1 amide bonds. The van der Waals surface area contributed by atoms with Crippen LogP contribution in [0.25, 0.3) is 0 Å². The number of nitrogens with one attached hydrogen (secondary N) is 1. The van der Waals surface area contributed by atoms with Crippen molar-refractivity contribution in [3.63, 3.8) is 0 Å². The number of amides is 1. The molecule has 110 valence electrons. The van der Waals surface area contributed by atoms with Crippen molar-refractivity contribution < 1.29 is 18.0 Å². The first-order chi connectivity index (χ1) is 9.41. The standard InChI is InChI=1S/C13H16F3N3O/c14-13(15,16)10-4-2-9(3-5-10)11-8-12(20)18-19(11)7-1-6-17/h2-5,11H,1,6-8,17H2,(H,18,20). The van der Waals surface area contributed by atoms with Crippen LogP contribution in [0.4, 0.5) is 13.2 Å². The fourth-order valence-electron chi connectivity index (χ4n) is 2.23. The molecule has 0 aromatic heterocycles. The van der Waals surface area contributed by atoms with E-state index in [1.807, 2.05) is 0 Å². The summed E-state index contributed by atoms with van der Waals surface area (Å²) in [5, 5.41) is 1.73. The van der Waals surface area contributed by atoms with Crippen molar-refractivity contribution in [2.75, 3.05) is 13.1 Å². The molecular formula is C13H16F3N3O. The summed E-state index contributed by atoms with van der Waals surface area (Å²) in [5.74, 6) is -0.132. The third-order valence-corrected chi connectivity index (χ3v) is 3.25. The third-order valence-electron chi connectivity index (χ3n) is 3.25. The van der Waals surface area contributed by atoms with E-state index in [1.54, 1.807) is 5.01 Å². The lowest BCUT2D eigenvalue weighted by molar-refractivity contribution is -0.137. The van der Waals surface area contributed by atoms with Crippen LogP contribution in [0, 0.1) is 0 Å². The monoisotopic (exact) mass is 287 g/mol. The highest BCUT2D eigenvalue weighted by Gasteiger charge is 2.33. The molecular weight excluding hydrogens is 271 g/mol. The van der Waals surface area contributed by atoms with Gasteiger partial charge >= 0.3 is 6.18 Å². The van der Waals surface area contributed by atoms with Crippen molar-refractivity contribution in [3.8, 4) is 0 Å². The fraction of sp³-hybridized carbons (Fsp3) is 0.462. The number of benzene rings is 1. The quantitative estimate of drug-likeness (QED) is 0.888. The number of carbonyl (C=O) groups is 1. The minimum Gasteiger partial charge on any atom is -0.330 e. The molecule has 1 fully saturated rings. The number of hydrogen-bond donors (Lipinski definition) is 2. The molecule has 2 rings (SSSR count). The summed E-state index contributed by atoms with van der Waals surface area (Å²) >= 11 is 0. The zero-order chi connectivity index (χ0) is 14.8. The lowest BCUT2D eigenvalue weighted by atomic mass is 10.0. The van der Waals surface area contributed by atoms with E-state index in [-0.39, 0.29) is 18.4 Å². The normalized spacial score (nSPS) is 20.2. The molecule has 0 aliphatic carbocycles. The van der Waals surface area contributed by atoms with E-state index in [4.69, 9.17) is 5.73 Å². The van der Waals surface area contributed by atoms with Crippen LogP contribution in [0.2, 0.25) is 0 Å². The first-order valence-electron chi connectivity index (χ1n) is 6.35. The predicted molar refractivity (Wildman–Crippen MR) is 67.3 cm³/mol. The average molecular weight is 287 g/mol. The molecule has 1 aromatic rings. The van der Waals surface area contributed by atoms with Crippen LogP contribution in [0.5, 0.6) is 0 Å². The topological polar surface area (TPSA) is 58.4 Å². The van der Waals surface area contributed by atoms with Crippen LogP contribution in [0.1, 0.15) is 30.0 Å². The van der Waals surface area contributed by atoms with Crippen molar-refractivity contribution in [1.29, 1.82) is 0 Å². The lowest BCUT2D eigenvalue weighted by Gasteiger charge is -2.23. The molecule has 0 spiro atoms. The number of rotatable bonds is 4. The van der Waals surface area contributed by atoms with Crippen LogP contribution in [0.15, 0.2) is 24.3 Å². The lowest BCUT2D eigenvalue weighted by Crippen LogP contribution is -2.36. The smallest absolute Gasteiger partial charge is 0.330 e. The van der Waals surface area contributed by atoms with Crippen molar-refractivity contribution in [3.05, 3.63) is 35.4 Å². The molecule has 0 radical (unpaired) electrons. The van der Waals surface area contributed by atoms with Crippen molar-refractivity contribution in [2.24, 2.45) is 5.73 Å². The highest BCUT2D eigenvalue weighted by molar-refractivity contribution is 5.78. The summed E-state index contributed by atoms with van der Waals surface area (Å²) < 4.78 is 37.5. The Morgan fingerprint density at radius 3 is 2.50 bits per heavy atom. The minimum absolute atomic E-state index is 0.132. The Labute approximate surface area is 114 Å². The van der Waals surface area contributed by atoms with E-state index in [1.165, 1.54) is 12.1 Å². The molecule has 4 nitrogen and oxygen atoms in total. The van der Waals surface area contributed by atoms with E-state index in [2.05, 4.69) is 5.43 Å². The summed E-state index contributed by atoms with van der Waals surface area (Å²) in [6, 6.07) is 4.68. The number of halogens is 3. The molecule has 0 saturated carbocycles. The summed E-state index contributed by atoms with van der Waals surface area (Å²) in [7, 11) is 0. The third kappa shape index (κ3) is 3.29. The van der Waals surface area contributed by atoms with Crippen LogP contribution >= 0.6 is 0 Å². The number of hydrazine groups is 1. The van der Waals surface area contributed by atoms with Gasteiger partial charge in [-0.2, -0.15) is 13.2 Å². The number of hydrogen-bond acceptors (Lipinski definition) is 3. The highest BCUT2D eigenvalue weighted by atomic mass is 19.4. The maximum absolute atomic E-state index is 12.5. The van der Waals surface area contributed by atoms with Gasteiger partial charge < -0.3 is 5.73 Å². The summed E-state index contributed by atoms with van der Waals surface area (Å²) in [6.07, 6.45) is -3.39. The van der Waals surface area contributed by atoms with Gasteiger partial charge in [0.2, 0.25) is 5.91 Å². The zero-order valence-corrected chi connectivity index (χ0v) is 10.8. The molecule has 1 saturated heterocycles. The molecule has 1 aromatic carbocycles. The number of carbonyl (C=O) groups excluding carboxylic acids is 1. The summed E-state index contributed by atoms with van der Waals surface area (Å²) in [6.45, 7) is 1.07. The molecule has 1 aliphatic rings. The molecule has 0 bridgehead atoms. The maximum Gasteiger partial charge on any atom is 0.416 e. The number of nitrogens with zero attached hydrogens (tertiary/aromatic N) is 1. The number of alkyl halides is 3. The van der Waals surface area contributed by atoms with Gasteiger partial charge in [0, 0.05) is 13.0 Å². The van der Waals surface area contributed by atoms with Crippen LogP contribution < -0.4 is 11.2 Å². The van der Waals surface area contributed by atoms with E-state index < -0.39 is 11.7 Å². The van der Waals surface area contributed by atoms with E-state index in [0.29, 0.717) is 25.1 Å². The Hall–Kier alpha value is -1.60.